The standard InChI is InChI=1S/C38H54N6O12S2/c1-3-5-7-9-25-29-15-17-43(25)27(37(53)54)11-13-31(45)42-24(36(52)40-20-34(49)50)22-58-30-16-18-44(26(30)10-8-6-4-2)28(38(55)56)12-14-32(46)41-23(21-57-29)35(51)39-19-33(47)48/h15-18,23-24,27-28H,3-14,19-22H2,1-2H3,(H,39,51)(H,40,52)(H,41,46)(H,42,45)(H,47,48)(H,49,50)(H,53,54)(H,55,56)/t23-,24-,27+,28+/m1/s1. The maximum Gasteiger partial charge on any atom is 0.326 e. The van der Waals surface area contributed by atoms with Crippen molar-refractivity contribution >= 4 is 71.0 Å². The number of nitrogens with one attached hydrogen (secondary N) is 4. The Hall–Kier alpha value is -4.98. The van der Waals surface area contributed by atoms with Gasteiger partial charge in [-0.2, -0.15) is 0 Å². The first-order valence-electron chi connectivity index (χ1n) is 19.3. The van der Waals surface area contributed by atoms with Crippen LogP contribution in [0.5, 0.6) is 0 Å². The third kappa shape index (κ3) is 14.8. The molecule has 0 radical (unpaired) electrons. The van der Waals surface area contributed by atoms with E-state index in [1.165, 1.54) is 0 Å². The van der Waals surface area contributed by atoms with Crippen molar-refractivity contribution in [3.8, 4) is 0 Å². The van der Waals surface area contributed by atoms with Crippen molar-refractivity contribution in [1.29, 1.82) is 0 Å². The molecule has 3 rings (SSSR count). The zero-order valence-electron chi connectivity index (χ0n) is 32.7. The fourth-order valence-electron chi connectivity index (χ4n) is 6.47. The molecule has 0 saturated heterocycles. The van der Waals surface area contributed by atoms with Gasteiger partial charge in [0.2, 0.25) is 23.6 Å². The third-order valence-corrected chi connectivity index (χ3v) is 11.8. The van der Waals surface area contributed by atoms with Crippen molar-refractivity contribution in [3.05, 3.63) is 35.9 Å². The lowest BCUT2D eigenvalue weighted by Gasteiger charge is -2.22. The second-order valence-electron chi connectivity index (χ2n) is 13.9. The third-order valence-electron chi connectivity index (χ3n) is 9.47. The molecule has 320 valence electrons. The van der Waals surface area contributed by atoms with E-state index in [4.69, 9.17) is 0 Å². The van der Waals surface area contributed by atoms with Crippen molar-refractivity contribution < 1.29 is 58.8 Å². The zero-order chi connectivity index (χ0) is 42.8. The number of unbranched alkanes of at least 4 members (excludes halogenated alkanes) is 4. The molecule has 1 aliphatic heterocycles. The first-order valence-corrected chi connectivity index (χ1v) is 21.3. The number of carboxylic acid groups (broad SMARTS) is 4. The lowest BCUT2D eigenvalue weighted by atomic mass is 10.1. The van der Waals surface area contributed by atoms with E-state index >= 15 is 0 Å². The van der Waals surface area contributed by atoms with Gasteiger partial charge < -0.3 is 50.8 Å². The average Bonchev–Trinajstić information content (AvgIpc) is 3.75. The van der Waals surface area contributed by atoms with E-state index < -0.39 is 84.8 Å². The summed E-state index contributed by atoms with van der Waals surface area (Å²) in [5.74, 6) is -7.99. The molecule has 2 aromatic heterocycles. The number of nitrogens with zero attached hydrogens (tertiary/aromatic N) is 2. The molecule has 1 aliphatic rings. The summed E-state index contributed by atoms with van der Waals surface area (Å²) in [5, 5.41) is 49.0. The molecule has 4 atom stereocenters. The molecule has 4 amide bonds. The molecule has 0 aromatic carbocycles. The van der Waals surface area contributed by atoms with Crippen molar-refractivity contribution in [2.45, 2.75) is 125 Å². The summed E-state index contributed by atoms with van der Waals surface area (Å²) < 4.78 is 3.11. The van der Waals surface area contributed by atoms with E-state index in [0.717, 1.165) is 49.2 Å². The van der Waals surface area contributed by atoms with Crippen LogP contribution in [0.4, 0.5) is 0 Å². The molecule has 2 aromatic rings. The first kappa shape index (κ1) is 47.4. The molecule has 0 spiro atoms. The fourth-order valence-corrected chi connectivity index (χ4v) is 8.70. The molecule has 18 nitrogen and oxygen atoms in total. The summed E-state index contributed by atoms with van der Waals surface area (Å²) in [6.45, 7) is 2.61. The Labute approximate surface area is 344 Å². The van der Waals surface area contributed by atoms with E-state index in [1.807, 2.05) is 13.8 Å². The van der Waals surface area contributed by atoms with Gasteiger partial charge in [-0.05, 0) is 50.7 Å². The van der Waals surface area contributed by atoms with E-state index in [0.29, 0.717) is 46.9 Å². The normalized spacial score (nSPS) is 19.7. The second kappa shape index (κ2) is 24.1. The number of hydrogen-bond acceptors (Lipinski definition) is 10. The van der Waals surface area contributed by atoms with Crippen LogP contribution in [0, 0.1) is 0 Å². The van der Waals surface area contributed by atoms with Crippen molar-refractivity contribution in [3.63, 3.8) is 0 Å². The molecule has 8 N–H and O–H groups in total. The molecule has 0 saturated carbocycles. The van der Waals surface area contributed by atoms with Crippen LogP contribution in [0.1, 0.15) is 102 Å². The monoisotopic (exact) mass is 850 g/mol. The minimum absolute atomic E-state index is 0.0738. The van der Waals surface area contributed by atoms with Gasteiger partial charge in [-0.15, -0.1) is 23.5 Å². The van der Waals surface area contributed by atoms with Gasteiger partial charge in [0.15, 0.2) is 0 Å². The van der Waals surface area contributed by atoms with Crippen molar-refractivity contribution in [1.82, 2.24) is 30.4 Å². The van der Waals surface area contributed by atoms with Gasteiger partial charge in [-0.3, -0.25) is 28.8 Å². The molecular formula is C38H54N6O12S2. The number of amides is 4. The highest BCUT2D eigenvalue weighted by Gasteiger charge is 2.30. The summed E-state index contributed by atoms with van der Waals surface area (Å²) in [4.78, 5) is 102. The maximum absolute atomic E-state index is 13.4. The largest absolute Gasteiger partial charge is 0.480 e. The van der Waals surface area contributed by atoms with Crippen LogP contribution in [0.15, 0.2) is 34.3 Å². The minimum atomic E-state index is -1.30. The Morgan fingerprint density at radius 1 is 0.655 bits per heavy atom. The highest BCUT2D eigenvalue weighted by molar-refractivity contribution is 7.99. The van der Waals surface area contributed by atoms with Crippen LogP contribution in [0.25, 0.3) is 0 Å². The number of aliphatic carboxylic acids is 4. The summed E-state index contributed by atoms with van der Waals surface area (Å²) in [7, 11) is 0. The Bertz CT molecular complexity index is 1650. The van der Waals surface area contributed by atoms with Gasteiger partial charge >= 0.3 is 23.9 Å². The molecular weight excluding hydrogens is 797 g/mol. The van der Waals surface area contributed by atoms with E-state index in [2.05, 4.69) is 21.3 Å². The van der Waals surface area contributed by atoms with Crippen LogP contribution in [-0.2, 0) is 51.2 Å². The Balaban J connectivity index is 2.09. The molecule has 0 aliphatic carbocycles. The van der Waals surface area contributed by atoms with E-state index in [9.17, 15) is 58.8 Å². The molecule has 4 bridgehead atoms. The lowest BCUT2D eigenvalue weighted by molar-refractivity contribution is -0.142. The average molecular weight is 851 g/mol. The molecule has 20 heteroatoms. The predicted octanol–water partition coefficient (Wildman–Crippen LogP) is 2.84. The highest BCUT2D eigenvalue weighted by Crippen LogP contribution is 2.32. The van der Waals surface area contributed by atoms with Crippen molar-refractivity contribution in [2.24, 2.45) is 0 Å². The maximum atomic E-state index is 13.4. The fraction of sp³-hybridized carbons (Fsp3) is 0.579. The number of hydrogen-bond donors (Lipinski definition) is 8. The van der Waals surface area contributed by atoms with Gasteiger partial charge in [-0.25, -0.2) is 9.59 Å². The summed E-state index contributed by atoms with van der Waals surface area (Å²) in [5.41, 5.74) is 1.24. The van der Waals surface area contributed by atoms with Crippen LogP contribution < -0.4 is 21.3 Å². The second-order valence-corrected chi connectivity index (χ2v) is 16.0. The number of fused-ring (bicyclic) bond motifs is 4. The number of aromatic nitrogens is 2. The number of thioether (sulfide) groups is 2. The minimum Gasteiger partial charge on any atom is -0.480 e. The lowest BCUT2D eigenvalue weighted by Crippen LogP contribution is -2.49. The summed E-state index contributed by atoms with van der Waals surface area (Å²) in [6, 6.07) is -1.53. The van der Waals surface area contributed by atoms with Crippen LogP contribution in [0.2, 0.25) is 0 Å². The smallest absolute Gasteiger partial charge is 0.326 e. The van der Waals surface area contributed by atoms with Gasteiger partial charge in [-0.1, -0.05) is 39.5 Å². The highest BCUT2D eigenvalue weighted by atomic mass is 32.2. The molecule has 58 heavy (non-hydrogen) atoms. The Morgan fingerprint density at radius 2 is 1.03 bits per heavy atom. The number of rotatable bonds is 16. The molecule has 0 unspecified atom stereocenters. The molecule has 0 fully saturated rings. The topological polar surface area (TPSA) is 275 Å². The van der Waals surface area contributed by atoms with Crippen LogP contribution in [-0.4, -0.2) is 114 Å². The quantitative estimate of drug-likeness (QED) is 0.113. The SMILES string of the molecule is CCCCCc1c2ccn1[C@H](C(=O)O)CCC(=O)N[C@@H](C(=O)NCC(=O)O)CSc1ccn(c1CCCCC)[C@H](C(=O)O)CCC(=O)N[C@@H](C(=O)NCC(=O)O)CS2. The molecule has 3 heterocycles. The first-order chi connectivity index (χ1) is 27.7. The van der Waals surface area contributed by atoms with Gasteiger partial charge in [0.1, 0.15) is 37.3 Å². The number of carbonyl (C=O) groups excluding carboxylic acids is 4. The Morgan fingerprint density at radius 3 is 1.36 bits per heavy atom. The van der Waals surface area contributed by atoms with Gasteiger partial charge in [0, 0.05) is 57.9 Å². The summed E-state index contributed by atoms with van der Waals surface area (Å²) in [6.07, 6.45) is 7.86. The van der Waals surface area contributed by atoms with E-state index in [-0.39, 0.29) is 37.2 Å². The summed E-state index contributed by atoms with van der Waals surface area (Å²) >= 11 is 2.31. The Kier molecular flexibility index (Phi) is 19.7. The van der Waals surface area contributed by atoms with Crippen molar-refractivity contribution in [2.75, 3.05) is 24.6 Å². The van der Waals surface area contributed by atoms with Gasteiger partial charge in [0.05, 0.1) is 0 Å². The van der Waals surface area contributed by atoms with Crippen LogP contribution >= 0.6 is 23.5 Å². The number of carbonyl (C=O) groups is 8. The number of carboxylic acids is 4. The van der Waals surface area contributed by atoms with Crippen LogP contribution in [0.3, 0.4) is 0 Å². The predicted molar refractivity (Wildman–Crippen MR) is 214 cm³/mol. The van der Waals surface area contributed by atoms with E-state index in [1.54, 1.807) is 33.7 Å². The van der Waals surface area contributed by atoms with Gasteiger partial charge in [0.25, 0.3) is 0 Å². The zero-order valence-corrected chi connectivity index (χ0v) is 34.3.